The smallest absolute Gasteiger partial charge is 0.0145 e. The van der Waals surface area contributed by atoms with Crippen molar-refractivity contribution in [2.75, 3.05) is 13.3 Å². The molecule has 1 rings (SSSR count). The van der Waals surface area contributed by atoms with E-state index in [2.05, 4.69) is 43.8 Å². The Morgan fingerprint density at radius 2 is 1.70 bits per heavy atom. The van der Waals surface area contributed by atoms with Gasteiger partial charge in [0.25, 0.3) is 0 Å². The molecule has 0 fully saturated rings. The highest BCUT2D eigenvalue weighted by atomic mass is 31.1. The van der Waals surface area contributed by atoms with Gasteiger partial charge in [-0.05, 0) is 18.9 Å². The molecule has 0 heterocycles. The molecule has 1 radical (unpaired) electrons. The zero-order valence-electron chi connectivity index (χ0n) is 6.41. The third kappa shape index (κ3) is 2.49. The van der Waals surface area contributed by atoms with Gasteiger partial charge in [-0.2, -0.15) is 0 Å². The first kappa shape index (κ1) is 7.75. The van der Waals surface area contributed by atoms with Gasteiger partial charge < -0.3 is 0 Å². The van der Waals surface area contributed by atoms with Crippen LogP contribution in [0.2, 0.25) is 0 Å². The maximum Gasteiger partial charge on any atom is 0.0145 e. The summed E-state index contributed by atoms with van der Waals surface area (Å²) >= 11 is 0. The Hall–Kier alpha value is -0.350. The van der Waals surface area contributed by atoms with Crippen molar-refractivity contribution < 1.29 is 0 Å². The van der Waals surface area contributed by atoms with Gasteiger partial charge in [-0.3, -0.25) is 0 Å². The van der Waals surface area contributed by atoms with Gasteiger partial charge in [0.2, 0.25) is 0 Å². The summed E-state index contributed by atoms with van der Waals surface area (Å²) in [4.78, 5) is 0. The minimum Gasteiger partial charge on any atom is -0.104 e. The molecule has 0 atom stereocenters. The minimum atomic E-state index is 0.0983. The maximum absolute atomic E-state index is 2.31. The van der Waals surface area contributed by atoms with E-state index in [0.29, 0.717) is 0 Å². The molecule has 1 aromatic rings. The third-order valence-electron chi connectivity index (χ3n) is 1.21. The molecule has 0 N–H and O–H groups in total. The molecule has 0 saturated carbocycles. The average molecular weight is 151 g/mol. The molecule has 0 bridgehead atoms. The standard InChI is InChI=1S/C9H12P/c1-10(2)8-9-6-4-3-5-7-9/h3-8H,1-2H3. The van der Waals surface area contributed by atoms with E-state index in [1.807, 2.05) is 6.07 Å². The van der Waals surface area contributed by atoms with Crippen LogP contribution >= 0.6 is 7.92 Å². The van der Waals surface area contributed by atoms with Crippen molar-refractivity contribution in [1.29, 1.82) is 0 Å². The summed E-state index contributed by atoms with van der Waals surface area (Å²) in [6.45, 7) is 4.50. The van der Waals surface area contributed by atoms with Crippen LogP contribution in [-0.4, -0.2) is 13.3 Å². The SMILES string of the molecule is CP(C)[CH]c1ccccc1. The lowest BCUT2D eigenvalue weighted by Gasteiger charge is -2.02. The number of hydrogen-bond donors (Lipinski definition) is 0. The molecule has 0 aliphatic heterocycles. The van der Waals surface area contributed by atoms with Crippen LogP contribution < -0.4 is 0 Å². The largest absolute Gasteiger partial charge is 0.104 e. The Kier molecular flexibility index (Phi) is 2.89. The molecule has 0 aliphatic rings. The summed E-state index contributed by atoms with van der Waals surface area (Å²) in [6.07, 6.45) is 2.31. The van der Waals surface area contributed by atoms with Crippen molar-refractivity contribution in [2.24, 2.45) is 0 Å². The van der Waals surface area contributed by atoms with Crippen LogP contribution in [0.1, 0.15) is 5.56 Å². The van der Waals surface area contributed by atoms with E-state index < -0.39 is 0 Å². The molecule has 0 aromatic heterocycles. The van der Waals surface area contributed by atoms with Crippen LogP contribution in [-0.2, 0) is 0 Å². The van der Waals surface area contributed by atoms with Crippen LogP contribution in [0.4, 0.5) is 0 Å². The monoisotopic (exact) mass is 151 g/mol. The Balaban J connectivity index is 2.59. The van der Waals surface area contributed by atoms with Crippen molar-refractivity contribution in [3.8, 4) is 0 Å². The topological polar surface area (TPSA) is 0 Å². The van der Waals surface area contributed by atoms with E-state index in [0.717, 1.165) is 0 Å². The quantitative estimate of drug-likeness (QED) is 0.570. The van der Waals surface area contributed by atoms with Gasteiger partial charge in [0.05, 0.1) is 0 Å². The van der Waals surface area contributed by atoms with Crippen molar-refractivity contribution in [3.63, 3.8) is 0 Å². The number of benzene rings is 1. The van der Waals surface area contributed by atoms with Gasteiger partial charge >= 0.3 is 0 Å². The second kappa shape index (κ2) is 3.73. The fourth-order valence-corrected chi connectivity index (χ4v) is 1.61. The molecule has 10 heavy (non-hydrogen) atoms. The molecule has 0 nitrogen and oxygen atoms in total. The summed E-state index contributed by atoms with van der Waals surface area (Å²) in [5.74, 6) is 0. The normalized spacial score (nSPS) is 10.3. The summed E-state index contributed by atoms with van der Waals surface area (Å²) in [5.41, 5.74) is 1.35. The van der Waals surface area contributed by atoms with Crippen molar-refractivity contribution >= 4 is 7.92 Å². The average Bonchev–Trinajstić information content (AvgIpc) is 1.88. The second-order valence-corrected chi connectivity index (χ2v) is 4.69. The van der Waals surface area contributed by atoms with Gasteiger partial charge in [-0.1, -0.05) is 30.3 Å². The molecule has 53 valence electrons. The van der Waals surface area contributed by atoms with Crippen LogP contribution in [0.15, 0.2) is 30.3 Å². The van der Waals surface area contributed by atoms with E-state index in [1.54, 1.807) is 0 Å². The summed E-state index contributed by atoms with van der Waals surface area (Å²) < 4.78 is 0. The van der Waals surface area contributed by atoms with E-state index in [9.17, 15) is 0 Å². The molecular weight excluding hydrogens is 139 g/mol. The zero-order valence-corrected chi connectivity index (χ0v) is 7.31. The van der Waals surface area contributed by atoms with Gasteiger partial charge in [0.15, 0.2) is 0 Å². The maximum atomic E-state index is 2.31. The molecule has 0 saturated heterocycles. The van der Waals surface area contributed by atoms with Gasteiger partial charge in [0, 0.05) is 6.16 Å². The lowest BCUT2D eigenvalue weighted by molar-refractivity contribution is 1.58. The molecule has 0 spiro atoms. The van der Waals surface area contributed by atoms with Crippen molar-refractivity contribution in [1.82, 2.24) is 0 Å². The number of hydrogen-bond acceptors (Lipinski definition) is 0. The highest BCUT2D eigenvalue weighted by Crippen LogP contribution is 2.32. The predicted molar refractivity (Wildman–Crippen MR) is 48.6 cm³/mol. The van der Waals surface area contributed by atoms with Gasteiger partial charge in [0.1, 0.15) is 0 Å². The lowest BCUT2D eigenvalue weighted by Crippen LogP contribution is -1.76. The number of rotatable bonds is 2. The van der Waals surface area contributed by atoms with Crippen molar-refractivity contribution in [3.05, 3.63) is 42.1 Å². The fourth-order valence-electron chi connectivity index (χ4n) is 0.837. The van der Waals surface area contributed by atoms with Crippen LogP contribution in [0.5, 0.6) is 0 Å². The molecule has 0 aliphatic carbocycles. The van der Waals surface area contributed by atoms with Gasteiger partial charge in [-0.25, -0.2) is 0 Å². The van der Waals surface area contributed by atoms with E-state index >= 15 is 0 Å². The van der Waals surface area contributed by atoms with E-state index in [4.69, 9.17) is 0 Å². The Labute approximate surface area is 64.0 Å². The second-order valence-electron chi connectivity index (χ2n) is 2.50. The highest BCUT2D eigenvalue weighted by Gasteiger charge is 1.93. The van der Waals surface area contributed by atoms with Crippen LogP contribution in [0, 0.1) is 6.16 Å². The Bertz CT molecular complexity index is 179. The van der Waals surface area contributed by atoms with Crippen LogP contribution in [0.25, 0.3) is 0 Å². The first-order valence-corrected chi connectivity index (χ1v) is 5.66. The predicted octanol–water partition coefficient (Wildman–Crippen LogP) is 2.94. The highest BCUT2D eigenvalue weighted by molar-refractivity contribution is 7.58. The fraction of sp³-hybridized carbons (Fsp3) is 0.222. The Morgan fingerprint density at radius 1 is 1.10 bits per heavy atom. The van der Waals surface area contributed by atoms with Gasteiger partial charge in [-0.15, -0.1) is 7.92 Å². The van der Waals surface area contributed by atoms with Crippen molar-refractivity contribution in [2.45, 2.75) is 0 Å². The van der Waals surface area contributed by atoms with E-state index in [1.165, 1.54) is 5.56 Å². The molecular formula is C9H12P. The first-order valence-electron chi connectivity index (χ1n) is 3.35. The summed E-state index contributed by atoms with van der Waals surface area (Å²) in [6, 6.07) is 10.5. The first-order chi connectivity index (χ1) is 4.79. The molecule has 1 aromatic carbocycles. The summed E-state index contributed by atoms with van der Waals surface area (Å²) in [7, 11) is 0.0983. The van der Waals surface area contributed by atoms with Crippen LogP contribution in [0.3, 0.4) is 0 Å². The minimum absolute atomic E-state index is 0.0983. The lowest BCUT2D eigenvalue weighted by atomic mass is 10.2. The van der Waals surface area contributed by atoms with E-state index in [-0.39, 0.29) is 7.92 Å². The summed E-state index contributed by atoms with van der Waals surface area (Å²) in [5, 5.41) is 0. The third-order valence-corrected chi connectivity index (χ3v) is 2.02. The zero-order chi connectivity index (χ0) is 7.40. The molecule has 0 amide bonds. The molecule has 1 heteroatoms. The molecule has 0 unspecified atom stereocenters. The Morgan fingerprint density at radius 3 is 2.20 bits per heavy atom.